The van der Waals surface area contributed by atoms with Crippen molar-refractivity contribution in [1.82, 2.24) is 30.8 Å². The van der Waals surface area contributed by atoms with Crippen molar-refractivity contribution in [3.05, 3.63) is 29.3 Å². The third kappa shape index (κ3) is 3.61. The number of benzene rings is 1. The molecule has 2 rings (SSSR count). The predicted molar refractivity (Wildman–Crippen MR) is 82.0 cm³/mol. The van der Waals surface area contributed by atoms with Crippen molar-refractivity contribution < 1.29 is 9.59 Å². The molecule has 1 heterocycles. The number of carbonyl (C=O) groups is 2. The lowest BCUT2D eigenvalue weighted by Gasteiger charge is -2.10. The first kappa shape index (κ1) is 16.0. The maximum Gasteiger partial charge on any atom is 0.321 e. The Morgan fingerprint density at radius 3 is 2.59 bits per heavy atom. The number of carbonyl (C=O) groups excluding carboxylic acids is 2. The molecule has 0 bridgehead atoms. The van der Waals surface area contributed by atoms with Crippen LogP contribution in [0.15, 0.2) is 23.4 Å². The summed E-state index contributed by atoms with van der Waals surface area (Å²) in [6, 6.07) is 5.36. The average molecular weight is 320 g/mol. The second-order valence-electron chi connectivity index (χ2n) is 4.53. The summed E-state index contributed by atoms with van der Waals surface area (Å²) in [5.41, 5.74) is 2.95. The number of rotatable bonds is 4. The number of nitrogens with zero attached hydrogens (tertiary/aromatic N) is 4. The number of hydrogen-bond acceptors (Lipinski definition) is 6. The number of imide groups is 1. The molecule has 116 valence electrons. The number of nitrogens with one attached hydrogen (secondary N) is 2. The number of aryl methyl sites for hydroxylation is 2. The van der Waals surface area contributed by atoms with Gasteiger partial charge < -0.3 is 5.32 Å². The van der Waals surface area contributed by atoms with Gasteiger partial charge in [-0.2, -0.15) is 4.68 Å². The van der Waals surface area contributed by atoms with Gasteiger partial charge in [0.15, 0.2) is 0 Å². The Kier molecular flexibility index (Phi) is 5.10. The first-order valence-electron chi connectivity index (χ1n) is 6.52. The Balaban J connectivity index is 2.14. The Bertz CT molecular complexity index is 679. The number of amides is 3. The Hall–Kier alpha value is -2.42. The SMILES string of the molecule is CNC(=O)NC(=O)CSc1nnnn1-c1c(C)cccc1C. The van der Waals surface area contributed by atoms with Crippen LogP contribution in [0, 0.1) is 13.8 Å². The highest BCUT2D eigenvalue weighted by atomic mass is 32.2. The van der Waals surface area contributed by atoms with E-state index in [4.69, 9.17) is 0 Å². The van der Waals surface area contributed by atoms with Crippen molar-refractivity contribution >= 4 is 23.7 Å². The molecule has 0 saturated carbocycles. The second-order valence-corrected chi connectivity index (χ2v) is 5.47. The van der Waals surface area contributed by atoms with E-state index in [0.717, 1.165) is 28.6 Å². The monoisotopic (exact) mass is 320 g/mol. The highest BCUT2D eigenvalue weighted by Crippen LogP contribution is 2.23. The summed E-state index contributed by atoms with van der Waals surface area (Å²) >= 11 is 1.16. The third-order valence-corrected chi connectivity index (χ3v) is 3.82. The number of para-hydroxylation sites is 1. The van der Waals surface area contributed by atoms with Crippen LogP contribution in [0.2, 0.25) is 0 Å². The number of urea groups is 1. The minimum Gasteiger partial charge on any atom is -0.341 e. The minimum atomic E-state index is -0.542. The standard InChI is InChI=1S/C13H16N6O2S/c1-8-5-4-6-9(2)11(8)19-13(16-17-18-19)22-7-10(20)15-12(21)14-3/h4-6H,7H2,1-3H3,(H2,14,15,20,21). The lowest BCUT2D eigenvalue weighted by molar-refractivity contribution is -0.117. The number of hydrogen-bond donors (Lipinski definition) is 2. The van der Waals surface area contributed by atoms with Crippen molar-refractivity contribution in [3.8, 4) is 5.69 Å². The normalized spacial score (nSPS) is 10.3. The molecule has 0 aliphatic carbocycles. The maximum absolute atomic E-state index is 11.6. The van der Waals surface area contributed by atoms with Gasteiger partial charge in [-0.1, -0.05) is 30.0 Å². The molecule has 0 atom stereocenters. The first-order chi connectivity index (χ1) is 10.5. The summed E-state index contributed by atoms with van der Waals surface area (Å²) in [4.78, 5) is 22.7. The summed E-state index contributed by atoms with van der Waals surface area (Å²) in [5.74, 6) is -0.376. The fraction of sp³-hybridized carbons (Fsp3) is 0.308. The molecule has 3 amide bonds. The van der Waals surface area contributed by atoms with Crippen LogP contribution < -0.4 is 10.6 Å². The van der Waals surface area contributed by atoms with Crippen LogP contribution >= 0.6 is 11.8 Å². The fourth-order valence-electron chi connectivity index (χ4n) is 1.90. The van der Waals surface area contributed by atoms with Crippen LogP contribution in [0.3, 0.4) is 0 Å². The molecular weight excluding hydrogens is 304 g/mol. The summed E-state index contributed by atoms with van der Waals surface area (Å²) < 4.78 is 1.60. The molecule has 1 aromatic heterocycles. The first-order valence-corrected chi connectivity index (χ1v) is 7.51. The van der Waals surface area contributed by atoms with Crippen LogP contribution in [0.1, 0.15) is 11.1 Å². The molecule has 8 nitrogen and oxygen atoms in total. The molecule has 9 heteroatoms. The van der Waals surface area contributed by atoms with E-state index in [2.05, 4.69) is 26.2 Å². The van der Waals surface area contributed by atoms with E-state index in [0.29, 0.717) is 5.16 Å². The van der Waals surface area contributed by atoms with Crippen molar-refractivity contribution in [3.63, 3.8) is 0 Å². The van der Waals surface area contributed by atoms with Crippen LogP contribution in [0.4, 0.5) is 4.79 Å². The van der Waals surface area contributed by atoms with E-state index in [1.807, 2.05) is 32.0 Å². The topological polar surface area (TPSA) is 102 Å². The zero-order valence-electron chi connectivity index (χ0n) is 12.5. The molecule has 0 aliphatic rings. The van der Waals surface area contributed by atoms with Gasteiger partial charge in [0.25, 0.3) is 0 Å². The highest BCUT2D eigenvalue weighted by Gasteiger charge is 2.15. The fourth-order valence-corrected chi connectivity index (χ4v) is 2.58. The predicted octanol–water partition coefficient (Wildman–Crippen LogP) is 0.827. The Labute approximate surface area is 131 Å². The molecule has 2 aromatic rings. The Morgan fingerprint density at radius 2 is 1.95 bits per heavy atom. The third-order valence-electron chi connectivity index (χ3n) is 2.90. The summed E-state index contributed by atoms with van der Waals surface area (Å²) in [5, 5.41) is 16.6. The van der Waals surface area contributed by atoms with E-state index >= 15 is 0 Å². The van der Waals surface area contributed by atoms with E-state index in [1.54, 1.807) is 4.68 Å². The van der Waals surface area contributed by atoms with Crippen molar-refractivity contribution in [1.29, 1.82) is 0 Å². The van der Waals surface area contributed by atoms with Crippen molar-refractivity contribution in [2.24, 2.45) is 0 Å². The molecule has 1 aromatic carbocycles. The van der Waals surface area contributed by atoms with Gasteiger partial charge in [-0.25, -0.2) is 4.79 Å². The lowest BCUT2D eigenvalue weighted by atomic mass is 10.1. The molecule has 0 spiro atoms. The van der Waals surface area contributed by atoms with Crippen LogP contribution in [0.25, 0.3) is 5.69 Å². The zero-order chi connectivity index (χ0) is 16.1. The maximum atomic E-state index is 11.6. The number of thioether (sulfide) groups is 1. The smallest absolute Gasteiger partial charge is 0.321 e. The van der Waals surface area contributed by atoms with Crippen molar-refractivity contribution in [2.45, 2.75) is 19.0 Å². The van der Waals surface area contributed by atoms with Gasteiger partial charge in [0.05, 0.1) is 11.4 Å². The largest absolute Gasteiger partial charge is 0.341 e. The minimum absolute atomic E-state index is 0.0404. The lowest BCUT2D eigenvalue weighted by Crippen LogP contribution is -2.38. The zero-order valence-corrected chi connectivity index (χ0v) is 13.3. The molecule has 0 radical (unpaired) electrons. The van der Waals surface area contributed by atoms with Gasteiger partial charge in [0.2, 0.25) is 11.1 Å². The molecule has 2 N–H and O–H groups in total. The van der Waals surface area contributed by atoms with Crippen LogP contribution in [0.5, 0.6) is 0 Å². The van der Waals surface area contributed by atoms with Gasteiger partial charge in [-0.05, 0) is 35.4 Å². The summed E-state index contributed by atoms with van der Waals surface area (Å²) in [6.45, 7) is 3.94. The average Bonchev–Trinajstić information content (AvgIpc) is 2.93. The van der Waals surface area contributed by atoms with E-state index in [-0.39, 0.29) is 5.75 Å². The Morgan fingerprint density at radius 1 is 1.27 bits per heavy atom. The van der Waals surface area contributed by atoms with Gasteiger partial charge >= 0.3 is 6.03 Å². The molecule has 22 heavy (non-hydrogen) atoms. The number of tetrazole rings is 1. The highest BCUT2D eigenvalue weighted by molar-refractivity contribution is 7.99. The summed E-state index contributed by atoms with van der Waals surface area (Å²) in [6.07, 6.45) is 0. The van der Waals surface area contributed by atoms with E-state index < -0.39 is 11.9 Å². The van der Waals surface area contributed by atoms with Gasteiger partial charge in [0, 0.05) is 7.05 Å². The van der Waals surface area contributed by atoms with Gasteiger partial charge in [0.1, 0.15) is 0 Å². The summed E-state index contributed by atoms with van der Waals surface area (Å²) in [7, 11) is 1.44. The van der Waals surface area contributed by atoms with Gasteiger partial charge in [-0.3, -0.25) is 10.1 Å². The van der Waals surface area contributed by atoms with Gasteiger partial charge in [-0.15, -0.1) is 5.10 Å². The molecule has 0 unspecified atom stereocenters. The molecular formula is C13H16N6O2S. The molecule has 0 aliphatic heterocycles. The van der Waals surface area contributed by atoms with Crippen molar-refractivity contribution in [2.75, 3.05) is 12.8 Å². The number of aromatic nitrogens is 4. The van der Waals surface area contributed by atoms with E-state index in [1.165, 1.54) is 7.05 Å². The quantitative estimate of drug-likeness (QED) is 0.809. The molecule has 0 saturated heterocycles. The second kappa shape index (κ2) is 7.03. The van der Waals surface area contributed by atoms with Crippen LogP contribution in [-0.2, 0) is 4.79 Å². The van der Waals surface area contributed by atoms with E-state index in [9.17, 15) is 9.59 Å². The van der Waals surface area contributed by atoms with Crippen LogP contribution in [-0.4, -0.2) is 44.9 Å². The molecule has 0 fully saturated rings.